The van der Waals surface area contributed by atoms with Crippen molar-refractivity contribution in [1.29, 1.82) is 0 Å². The first-order valence-electron chi connectivity index (χ1n) is 11.7. The number of allylic oxidation sites excluding steroid dienone is 5. The van der Waals surface area contributed by atoms with Gasteiger partial charge in [-0.25, -0.2) is 0 Å². The molecule has 0 N–H and O–H groups in total. The Morgan fingerprint density at radius 1 is 0.737 bits per heavy atom. The smallest absolute Gasteiger partial charge is 0.361 e. The summed E-state index contributed by atoms with van der Waals surface area (Å²) in [5.74, 6) is -0.327. The summed E-state index contributed by atoms with van der Waals surface area (Å²) in [5.41, 5.74) is 30.9. The maximum atomic E-state index is 11.7. The number of ketones is 3. The summed E-state index contributed by atoms with van der Waals surface area (Å²) < 4.78 is 0. The third-order valence-corrected chi connectivity index (χ3v) is 6.10. The van der Waals surface area contributed by atoms with E-state index in [0.717, 1.165) is 22.3 Å². The summed E-state index contributed by atoms with van der Waals surface area (Å²) in [6.07, 6.45) is 8.72. The van der Waals surface area contributed by atoms with E-state index >= 15 is 0 Å². The highest BCUT2D eigenvalue weighted by atomic mass is 16.1. The molecule has 2 aromatic carbocycles. The molecule has 0 heterocycles. The predicted octanol–water partition coefficient (Wildman–Crippen LogP) is 4.65. The number of benzene rings is 2. The number of fused-ring (bicyclic) bond motifs is 2. The molecular formula is C29H24N6O3. The van der Waals surface area contributed by atoms with Crippen LogP contribution in [0, 0.1) is 12.8 Å². The normalized spacial score (nSPS) is 16.9. The van der Waals surface area contributed by atoms with Crippen molar-refractivity contribution >= 4 is 46.1 Å². The first kappa shape index (κ1) is 27.4. The maximum absolute atomic E-state index is 11.7. The zero-order chi connectivity index (χ0) is 27.8. The van der Waals surface area contributed by atoms with E-state index < -0.39 is 0 Å². The number of carbonyl (C=O) groups is 3. The zero-order valence-corrected chi connectivity index (χ0v) is 21.1. The van der Waals surface area contributed by atoms with Gasteiger partial charge in [0.25, 0.3) is 17.3 Å². The second kappa shape index (κ2) is 12.2. The van der Waals surface area contributed by atoms with Gasteiger partial charge in [0.15, 0.2) is 0 Å². The number of aryl methyl sites for hydroxylation is 1. The van der Waals surface area contributed by atoms with Crippen molar-refractivity contribution in [1.82, 2.24) is 0 Å². The Bertz CT molecular complexity index is 1590. The van der Waals surface area contributed by atoms with Crippen molar-refractivity contribution in [3.8, 4) is 0 Å². The van der Waals surface area contributed by atoms with Gasteiger partial charge in [-0.05, 0) is 54.2 Å². The van der Waals surface area contributed by atoms with E-state index in [1.54, 1.807) is 30.4 Å². The second-order valence-corrected chi connectivity index (χ2v) is 8.82. The van der Waals surface area contributed by atoms with E-state index in [2.05, 4.69) is 14.4 Å². The van der Waals surface area contributed by atoms with Gasteiger partial charge in [-0.2, -0.15) is 14.4 Å². The third-order valence-electron chi connectivity index (χ3n) is 6.10. The molecule has 9 nitrogen and oxygen atoms in total. The number of Topliss-reactive ketones (excluding diaryl/α,β-unsaturated/α-hetero) is 2. The summed E-state index contributed by atoms with van der Waals surface area (Å²) >= 11 is 0. The molecule has 3 aliphatic carbocycles. The molecule has 0 bridgehead atoms. The van der Waals surface area contributed by atoms with Crippen LogP contribution in [0.2, 0.25) is 0 Å². The van der Waals surface area contributed by atoms with Crippen molar-refractivity contribution in [2.24, 2.45) is 5.92 Å². The number of carbonyl (C=O) groups excluding carboxylic acids is 3. The van der Waals surface area contributed by atoms with E-state index in [-0.39, 0.29) is 34.5 Å². The molecule has 38 heavy (non-hydrogen) atoms. The van der Waals surface area contributed by atoms with Crippen LogP contribution in [0.1, 0.15) is 57.7 Å². The van der Waals surface area contributed by atoms with Gasteiger partial charge in [0.2, 0.25) is 0 Å². The molecule has 3 aliphatic rings. The van der Waals surface area contributed by atoms with Gasteiger partial charge in [0.1, 0.15) is 0 Å². The monoisotopic (exact) mass is 504 g/mol. The number of hydrogen-bond donors (Lipinski definition) is 0. The Morgan fingerprint density at radius 3 is 2.00 bits per heavy atom. The summed E-state index contributed by atoms with van der Waals surface area (Å²) in [6, 6.07) is 12.8. The minimum Gasteiger partial charge on any atom is -0.361 e. The molecule has 0 aliphatic heterocycles. The van der Waals surface area contributed by atoms with Gasteiger partial charge >= 0.3 is 17.1 Å². The zero-order valence-electron chi connectivity index (χ0n) is 21.1. The van der Waals surface area contributed by atoms with Crippen molar-refractivity contribution < 1.29 is 28.8 Å². The van der Waals surface area contributed by atoms with Crippen LogP contribution in [0.5, 0.6) is 0 Å². The van der Waals surface area contributed by atoms with E-state index in [1.807, 2.05) is 51.1 Å². The van der Waals surface area contributed by atoms with E-state index in [9.17, 15) is 14.4 Å². The molecule has 0 fully saturated rings. The molecule has 0 amide bonds. The van der Waals surface area contributed by atoms with E-state index in [4.69, 9.17) is 16.6 Å². The Kier molecular flexibility index (Phi) is 8.78. The Labute approximate surface area is 219 Å². The lowest BCUT2D eigenvalue weighted by Crippen LogP contribution is -2.19. The van der Waals surface area contributed by atoms with Gasteiger partial charge < -0.3 is 16.6 Å². The average Bonchev–Trinajstić information content (AvgIpc) is 2.93. The van der Waals surface area contributed by atoms with Crippen LogP contribution in [-0.2, 0) is 4.79 Å². The molecule has 2 aromatic rings. The lowest BCUT2D eigenvalue weighted by Gasteiger charge is -2.10. The quantitative estimate of drug-likeness (QED) is 0.378. The van der Waals surface area contributed by atoms with Crippen molar-refractivity contribution in [2.75, 3.05) is 0 Å². The van der Waals surface area contributed by atoms with Crippen LogP contribution in [0.4, 0.5) is 0 Å². The summed E-state index contributed by atoms with van der Waals surface area (Å²) in [7, 11) is 0. The molecule has 5 rings (SSSR count). The molecule has 0 radical (unpaired) electrons. The fourth-order valence-electron chi connectivity index (χ4n) is 4.05. The Hall–Kier alpha value is -5.19. The largest absolute Gasteiger partial charge is 0.363 e. The van der Waals surface area contributed by atoms with Gasteiger partial charge in [0, 0.05) is 23.3 Å². The lowest BCUT2D eigenvalue weighted by atomic mass is 9.90. The predicted molar refractivity (Wildman–Crippen MR) is 143 cm³/mol. The summed E-state index contributed by atoms with van der Waals surface area (Å²) in [6.45, 7) is 5.79. The molecular weight excluding hydrogens is 480 g/mol. The third kappa shape index (κ3) is 5.95. The topological polar surface area (TPSA) is 160 Å². The minimum absolute atomic E-state index is 0.0862. The highest BCUT2D eigenvalue weighted by Crippen LogP contribution is 2.24. The summed E-state index contributed by atoms with van der Waals surface area (Å²) in [4.78, 5) is 42.9. The molecule has 188 valence electrons. The standard InChI is InChI=1S/2C11H8N2O.C7H8N2O/c1-7-3-2-4-9-8(7)5-6-10(13-12)11(9)14;1-7-6-10(13-12)11(14)9-5-3-2-4-8(7)9;1-5-2-3-7(10)6(4-5)9-8/h2*2-6H,1H3;2-3,5H,4H2,1H3. The van der Waals surface area contributed by atoms with Crippen LogP contribution in [0.25, 0.3) is 28.2 Å². The fourth-order valence-corrected chi connectivity index (χ4v) is 4.05. The highest BCUT2D eigenvalue weighted by Gasteiger charge is 2.28. The minimum atomic E-state index is -0.228. The van der Waals surface area contributed by atoms with Crippen molar-refractivity contribution in [3.05, 3.63) is 111 Å². The first-order chi connectivity index (χ1) is 18.2. The van der Waals surface area contributed by atoms with Crippen LogP contribution in [0.3, 0.4) is 0 Å². The number of rotatable bonds is 0. The van der Waals surface area contributed by atoms with Gasteiger partial charge in [-0.15, -0.1) is 0 Å². The molecule has 0 aromatic heterocycles. The molecule has 1 unspecified atom stereocenters. The maximum Gasteiger partial charge on any atom is 0.363 e. The second-order valence-electron chi connectivity index (χ2n) is 8.82. The fraction of sp³-hybridized carbons (Fsp3) is 0.172. The molecule has 0 saturated carbocycles. The lowest BCUT2D eigenvalue weighted by molar-refractivity contribution is -0.113. The Morgan fingerprint density at radius 2 is 1.37 bits per heavy atom. The first-order valence-corrected chi connectivity index (χ1v) is 11.7. The molecule has 0 saturated heterocycles. The van der Waals surface area contributed by atoms with Crippen molar-refractivity contribution in [2.45, 2.75) is 27.2 Å². The van der Waals surface area contributed by atoms with Crippen LogP contribution in [-0.4, -0.2) is 48.9 Å². The summed E-state index contributed by atoms with van der Waals surface area (Å²) in [5, 5.41) is 0. The number of hydrogen-bond acceptors (Lipinski definition) is 3. The van der Waals surface area contributed by atoms with Crippen LogP contribution < -0.4 is 0 Å². The number of nitrogens with zero attached hydrogens (tertiary/aromatic N) is 6. The van der Waals surface area contributed by atoms with E-state index in [0.29, 0.717) is 23.5 Å². The average molecular weight is 505 g/mol. The van der Waals surface area contributed by atoms with E-state index in [1.165, 1.54) is 12.2 Å². The highest BCUT2D eigenvalue weighted by molar-refractivity contribution is 6.51. The molecule has 9 heteroatoms. The SMILES string of the molecule is CC1=CC(=[N+]=[N-])C(=O)c2ccccc21.CC1C=CC(=O)C(=[N+]=[N-])C1.Cc1cccc2c1C=CC(=[N+]=[N-])C2=O. The van der Waals surface area contributed by atoms with Gasteiger partial charge in [0.05, 0.1) is 6.42 Å². The molecule has 1 atom stereocenters. The van der Waals surface area contributed by atoms with Gasteiger partial charge in [-0.1, -0.05) is 55.5 Å². The molecule has 0 spiro atoms. The van der Waals surface area contributed by atoms with Gasteiger partial charge in [-0.3, -0.25) is 14.4 Å². The van der Waals surface area contributed by atoms with Crippen LogP contribution in [0.15, 0.2) is 66.8 Å². The van der Waals surface area contributed by atoms with Crippen molar-refractivity contribution in [3.63, 3.8) is 0 Å². The van der Waals surface area contributed by atoms with Crippen LogP contribution >= 0.6 is 0 Å². The Balaban J connectivity index is 0.000000161.